The standard InChI is InChI=1S/C37H34Cl2N6O5/c1-50-35-22(15-40-17-25-9-11-32(46)42-25)8-10-30(43-35)29-7-3-6-28(34(29)39)27-5-2-4-26(33(27)38)21-12-13-45-31(14-21)41-16-23(36(45)47)18-44-19-24(20-44)37(48)49/h2-8,10,12-14,16,24-25,40H,9,11,15,17-20H2,1H3,(H,42,46)(H,48,49)/t25-/m0/s1. The number of fused-ring (bicyclic) bond motifs is 1. The summed E-state index contributed by atoms with van der Waals surface area (Å²) in [7, 11) is 1.58. The highest BCUT2D eigenvalue weighted by atomic mass is 35.5. The summed E-state index contributed by atoms with van der Waals surface area (Å²) in [6.45, 7) is 2.37. The van der Waals surface area contributed by atoms with Gasteiger partial charge in [0.1, 0.15) is 5.65 Å². The number of carbonyl (C=O) groups excluding carboxylic acids is 1. The number of carboxylic acid groups (broad SMARTS) is 1. The van der Waals surface area contributed by atoms with E-state index in [4.69, 9.17) is 38.0 Å². The molecule has 1 amide bonds. The number of halogens is 2. The molecule has 2 aromatic carbocycles. The molecule has 0 saturated carbocycles. The van der Waals surface area contributed by atoms with Crippen molar-refractivity contribution >= 4 is 40.7 Å². The first-order valence-corrected chi connectivity index (χ1v) is 17.0. The van der Waals surface area contributed by atoms with Crippen LogP contribution in [-0.2, 0) is 22.7 Å². The molecule has 0 spiro atoms. The fraction of sp³-hybridized carbons (Fsp3) is 0.270. The van der Waals surface area contributed by atoms with Crippen molar-refractivity contribution in [2.45, 2.75) is 32.0 Å². The lowest BCUT2D eigenvalue weighted by atomic mass is 9.97. The number of likely N-dealkylation sites (tertiary alicyclic amines) is 1. The molecule has 256 valence electrons. The Bertz CT molecular complexity index is 2180. The Morgan fingerprint density at radius 2 is 1.72 bits per heavy atom. The number of aromatic nitrogens is 3. The van der Waals surface area contributed by atoms with Gasteiger partial charge in [0.15, 0.2) is 0 Å². The molecule has 2 fully saturated rings. The zero-order chi connectivity index (χ0) is 34.9. The largest absolute Gasteiger partial charge is 0.481 e. The molecule has 50 heavy (non-hydrogen) atoms. The predicted octanol–water partition coefficient (Wildman–Crippen LogP) is 5.29. The first-order chi connectivity index (χ1) is 24.2. The van der Waals surface area contributed by atoms with Gasteiger partial charge >= 0.3 is 5.97 Å². The van der Waals surface area contributed by atoms with Crippen molar-refractivity contribution in [1.29, 1.82) is 0 Å². The minimum Gasteiger partial charge on any atom is -0.481 e. The molecule has 0 aliphatic carbocycles. The summed E-state index contributed by atoms with van der Waals surface area (Å²) in [5.41, 5.74) is 6.02. The molecule has 2 aliphatic rings. The summed E-state index contributed by atoms with van der Waals surface area (Å²) in [5.74, 6) is -0.646. The van der Waals surface area contributed by atoms with Gasteiger partial charge in [0, 0.05) is 85.4 Å². The van der Waals surface area contributed by atoms with E-state index in [-0.39, 0.29) is 17.5 Å². The second-order valence-electron chi connectivity index (χ2n) is 12.6. The number of carboxylic acids is 1. The van der Waals surface area contributed by atoms with Crippen molar-refractivity contribution in [2.24, 2.45) is 5.92 Å². The molecule has 13 heteroatoms. The maximum absolute atomic E-state index is 13.2. The van der Waals surface area contributed by atoms with E-state index in [0.717, 1.165) is 39.8 Å². The van der Waals surface area contributed by atoms with Crippen molar-refractivity contribution in [3.8, 4) is 39.4 Å². The minimum absolute atomic E-state index is 0.0878. The molecular weight excluding hydrogens is 679 g/mol. The van der Waals surface area contributed by atoms with Crippen molar-refractivity contribution in [1.82, 2.24) is 29.9 Å². The van der Waals surface area contributed by atoms with E-state index < -0.39 is 11.9 Å². The molecule has 2 aliphatic heterocycles. The quantitative estimate of drug-likeness (QED) is 0.167. The van der Waals surface area contributed by atoms with E-state index in [1.165, 1.54) is 4.40 Å². The molecule has 2 saturated heterocycles. The third kappa shape index (κ3) is 6.69. The maximum Gasteiger partial charge on any atom is 0.309 e. The molecule has 3 aromatic heterocycles. The molecule has 5 heterocycles. The Morgan fingerprint density at radius 3 is 2.42 bits per heavy atom. The van der Waals surface area contributed by atoms with Gasteiger partial charge in [-0.25, -0.2) is 9.97 Å². The fourth-order valence-electron chi connectivity index (χ4n) is 6.53. The summed E-state index contributed by atoms with van der Waals surface area (Å²) in [6.07, 6.45) is 4.62. The van der Waals surface area contributed by atoms with Gasteiger partial charge in [-0.15, -0.1) is 0 Å². The number of hydrogen-bond donors (Lipinski definition) is 3. The number of amides is 1. The third-order valence-electron chi connectivity index (χ3n) is 9.28. The van der Waals surface area contributed by atoms with Crippen LogP contribution < -0.4 is 20.9 Å². The fourth-order valence-corrected chi connectivity index (χ4v) is 7.19. The van der Waals surface area contributed by atoms with Crippen molar-refractivity contribution in [3.05, 3.63) is 105 Å². The van der Waals surface area contributed by atoms with Crippen LogP contribution >= 0.6 is 23.2 Å². The molecule has 3 N–H and O–H groups in total. The number of benzene rings is 2. The number of rotatable bonds is 11. The van der Waals surface area contributed by atoms with Crippen LogP contribution in [0.15, 0.2) is 77.9 Å². The highest BCUT2D eigenvalue weighted by Crippen LogP contribution is 2.42. The number of hydrogen-bond acceptors (Lipinski definition) is 8. The Kier molecular flexibility index (Phi) is 9.56. The number of ether oxygens (including phenoxy) is 1. The van der Waals surface area contributed by atoms with Gasteiger partial charge in [-0.1, -0.05) is 65.7 Å². The smallest absolute Gasteiger partial charge is 0.309 e. The van der Waals surface area contributed by atoms with E-state index >= 15 is 0 Å². The molecule has 7 rings (SSSR count). The van der Waals surface area contributed by atoms with E-state index in [0.29, 0.717) is 72.0 Å². The number of carbonyl (C=O) groups is 2. The predicted molar refractivity (Wildman–Crippen MR) is 191 cm³/mol. The first kappa shape index (κ1) is 33.7. The summed E-state index contributed by atoms with van der Waals surface area (Å²) >= 11 is 14.2. The van der Waals surface area contributed by atoms with Gasteiger partial charge in [-0.3, -0.25) is 23.7 Å². The highest BCUT2D eigenvalue weighted by Gasteiger charge is 2.32. The topological polar surface area (TPSA) is 138 Å². The Balaban J connectivity index is 1.12. The first-order valence-electron chi connectivity index (χ1n) is 16.3. The van der Waals surface area contributed by atoms with Crippen molar-refractivity contribution < 1.29 is 19.4 Å². The van der Waals surface area contributed by atoms with E-state index in [1.807, 2.05) is 65.6 Å². The normalized spacial score (nSPS) is 16.4. The van der Waals surface area contributed by atoms with Gasteiger partial charge in [-0.2, -0.15) is 0 Å². The second kappa shape index (κ2) is 14.2. The van der Waals surface area contributed by atoms with Gasteiger partial charge < -0.3 is 20.5 Å². The van der Waals surface area contributed by atoms with Crippen LogP contribution in [0.25, 0.3) is 39.2 Å². The molecule has 0 bridgehead atoms. The summed E-state index contributed by atoms with van der Waals surface area (Å²) in [5, 5.41) is 16.5. The molecule has 5 aromatic rings. The van der Waals surface area contributed by atoms with Gasteiger partial charge in [0.2, 0.25) is 11.8 Å². The van der Waals surface area contributed by atoms with Gasteiger partial charge in [-0.05, 0) is 30.2 Å². The Labute approximate surface area is 297 Å². The SMILES string of the molecule is COc1nc(-c2cccc(-c3cccc(-c4ccn5c(=O)c(CN6CC(C(=O)O)C6)cnc5c4)c3Cl)c2Cl)ccc1CNC[C@@H]1CCC(=O)N1. The lowest BCUT2D eigenvalue weighted by molar-refractivity contribution is -0.147. The average molecular weight is 714 g/mol. The summed E-state index contributed by atoms with van der Waals surface area (Å²) in [4.78, 5) is 47.1. The number of methoxy groups -OCH3 is 1. The highest BCUT2D eigenvalue weighted by molar-refractivity contribution is 6.39. The zero-order valence-electron chi connectivity index (χ0n) is 27.2. The number of pyridine rings is 2. The molecular formula is C37H34Cl2N6O5. The number of nitrogens with one attached hydrogen (secondary N) is 2. The number of aliphatic carboxylic acids is 1. The van der Waals surface area contributed by atoms with Crippen LogP contribution in [0.5, 0.6) is 5.88 Å². The van der Waals surface area contributed by atoms with Crippen LogP contribution in [0, 0.1) is 5.92 Å². The summed E-state index contributed by atoms with van der Waals surface area (Å²) < 4.78 is 7.12. The third-order valence-corrected chi connectivity index (χ3v) is 10.1. The Hall–Kier alpha value is -4.81. The molecule has 0 radical (unpaired) electrons. The van der Waals surface area contributed by atoms with Crippen LogP contribution in [-0.4, -0.2) is 69.0 Å². The maximum atomic E-state index is 13.2. The number of nitrogens with zero attached hydrogens (tertiary/aromatic N) is 4. The minimum atomic E-state index is -0.819. The average Bonchev–Trinajstić information content (AvgIpc) is 3.51. The zero-order valence-corrected chi connectivity index (χ0v) is 28.7. The van der Waals surface area contributed by atoms with Crippen LogP contribution in [0.2, 0.25) is 10.0 Å². The van der Waals surface area contributed by atoms with Crippen LogP contribution in [0.1, 0.15) is 24.0 Å². The van der Waals surface area contributed by atoms with Crippen molar-refractivity contribution in [2.75, 3.05) is 26.7 Å². The Morgan fingerprint density at radius 1 is 1.00 bits per heavy atom. The summed E-state index contributed by atoms with van der Waals surface area (Å²) in [6, 6.07) is 19.1. The monoisotopic (exact) mass is 712 g/mol. The van der Waals surface area contributed by atoms with Crippen molar-refractivity contribution in [3.63, 3.8) is 0 Å². The lowest BCUT2D eigenvalue weighted by Crippen LogP contribution is -2.50. The molecule has 1 atom stereocenters. The molecule has 11 nitrogen and oxygen atoms in total. The van der Waals surface area contributed by atoms with Gasteiger partial charge in [0.05, 0.1) is 34.3 Å². The van der Waals surface area contributed by atoms with Crippen LogP contribution in [0.4, 0.5) is 0 Å². The van der Waals surface area contributed by atoms with E-state index in [1.54, 1.807) is 19.5 Å². The molecule has 0 unspecified atom stereocenters. The lowest BCUT2D eigenvalue weighted by Gasteiger charge is -2.36. The van der Waals surface area contributed by atoms with E-state index in [9.17, 15) is 14.4 Å². The van der Waals surface area contributed by atoms with Gasteiger partial charge in [0.25, 0.3) is 5.56 Å². The van der Waals surface area contributed by atoms with Crippen LogP contribution in [0.3, 0.4) is 0 Å². The second-order valence-corrected chi connectivity index (χ2v) is 13.4. The van der Waals surface area contributed by atoms with E-state index in [2.05, 4.69) is 15.6 Å².